The van der Waals surface area contributed by atoms with Crippen LogP contribution in [0.5, 0.6) is 0 Å². The zero-order chi connectivity index (χ0) is 17.6. The normalized spacial score (nSPS) is 32.7. The van der Waals surface area contributed by atoms with Gasteiger partial charge in [0.2, 0.25) is 5.28 Å². The summed E-state index contributed by atoms with van der Waals surface area (Å²) in [6.45, 7) is 1.97. The molecule has 2 aromatic heterocycles. The van der Waals surface area contributed by atoms with Gasteiger partial charge in [-0.15, -0.1) is 0 Å². The van der Waals surface area contributed by atoms with E-state index in [-0.39, 0.29) is 11.1 Å². The second-order valence-corrected chi connectivity index (χ2v) is 7.87. The van der Waals surface area contributed by atoms with Crippen LogP contribution in [0.4, 0.5) is 5.82 Å². The van der Waals surface area contributed by atoms with Crippen LogP contribution in [0, 0.1) is 0 Å². The maximum Gasteiger partial charge on any atom is 0.226 e. The second kappa shape index (κ2) is 6.86. The number of ether oxygens (including phenoxy) is 1. The van der Waals surface area contributed by atoms with Crippen LogP contribution in [0.2, 0.25) is 5.28 Å². The molecule has 2 fully saturated rings. The first-order chi connectivity index (χ1) is 12.0. The number of fused-ring (bicyclic) bond motifs is 1. The average Bonchev–Trinajstić information content (AvgIpc) is 3.28. The van der Waals surface area contributed by atoms with Crippen LogP contribution in [0.15, 0.2) is 6.33 Å². The molecule has 0 saturated carbocycles. The first-order valence-corrected chi connectivity index (χ1v) is 9.46. The fourth-order valence-electron chi connectivity index (χ4n) is 3.19. The Kier molecular flexibility index (Phi) is 4.73. The lowest BCUT2D eigenvalue weighted by atomic mass is 10.1. The molecule has 5 N–H and O–H groups in total. The van der Waals surface area contributed by atoms with Gasteiger partial charge in [-0.3, -0.25) is 4.57 Å². The number of nitrogens with one attached hydrogen (secondary N) is 1. The number of nitrogens with zero attached hydrogens (tertiary/aromatic N) is 4. The first kappa shape index (κ1) is 17.3. The number of aromatic nitrogens is 4. The van der Waals surface area contributed by atoms with Crippen molar-refractivity contribution in [3.63, 3.8) is 0 Å². The van der Waals surface area contributed by atoms with Gasteiger partial charge in [0.05, 0.1) is 12.4 Å². The Labute approximate surface area is 152 Å². The van der Waals surface area contributed by atoms with Gasteiger partial charge in [-0.25, -0.2) is 4.98 Å². The summed E-state index contributed by atoms with van der Waals surface area (Å²) < 4.78 is 7.45. The predicted octanol–water partition coefficient (Wildman–Crippen LogP) is -0.224. The topological polar surface area (TPSA) is 131 Å². The molecular formula is C14H19ClN6O3S. The Morgan fingerprint density at radius 1 is 1.40 bits per heavy atom. The lowest BCUT2D eigenvalue weighted by Gasteiger charge is -2.17. The minimum absolute atomic E-state index is 0.0133. The molecule has 2 aliphatic rings. The maximum absolute atomic E-state index is 10.4. The maximum atomic E-state index is 10.4. The summed E-state index contributed by atoms with van der Waals surface area (Å²) in [6, 6.07) is 0. The van der Waals surface area contributed by atoms with Crippen LogP contribution in [0.25, 0.3) is 11.2 Å². The van der Waals surface area contributed by atoms with Crippen molar-refractivity contribution in [1.29, 1.82) is 0 Å². The predicted molar refractivity (Wildman–Crippen MR) is 94.4 cm³/mol. The Bertz CT molecular complexity index is 770. The number of hydrogen-bond acceptors (Lipinski definition) is 9. The number of aliphatic hydroxyl groups excluding tert-OH is 2. The van der Waals surface area contributed by atoms with Crippen LogP contribution in [0.1, 0.15) is 12.6 Å². The van der Waals surface area contributed by atoms with Crippen molar-refractivity contribution in [3.8, 4) is 0 Å². The molecule has 11 heteroatoms. The van der Waals surface area contributed by atoms with E-state index >= 15 is 0 Å². The summed E-state index contributed by atoms with van der Waals surface area (Å²) in [6.07, 6.45) is -0.808. The van der Waals surface area contributed by atoms with E-state index in [1.165, 1.54) is 10.9 Å². The van der Waals surface area contributed by atoms with E-state index in [2.05, 4.69) is 20.3 Å². The first-order valence-electron chi connectivity index (χ1n) is 8.04. The number of nitrogen functional groups attached to an aromatic ring is 1. The van der Waals surface area contributed by atoms with Crippen LogP contribution < -0.4 is 11.1 Å². The molecule has 136 valence electrons. The van der Waals surface area contributed by atoms with Crippen molar-refractivity contribution in [2.75, 3.05) is 24.6 Å². The molecule has 1 unspecified atom stereocenters. The number of nitrogens with two attached hydrogens (primary N) is 1. The van der Waals surface area contributed by atoms with E-state index in [9.17, 15) is 10.2 Å². The third kappa shape index (κ3) is 3.18. The molecule has 0 bridgehead atoms. The number of imidazole rings is 1. The largest absolute Gasteiger partial charge is 0.387 e. The van der Waals surface area contributed by atoms with Crippen molar-refractivity contribution in [2.24, 2.45) is 0 Å². The van der Waals surface area contributed by atoms with Gasteiger partial charge in [-0.2, -0.15) is 21.7 Å². The number of aliphatic hydroxyl groups is 2. The van der Waals surface area contributed by atoms with Gasteiger partial charge in [-0.05, 0) is 24.6 Å². The molecule has 2 saturated heterocycles. The van der Waals surface area contributed by atoms with E-state index in [0.717, 1.165) is 19.5 Å². The summed E-state index contributed by atoms with van der Waals surface area (Å²) in [5, 5.41) is 24.6. The summed E-state index contributed by atoms with van der Waals surface area (Å²) >= 11 is 7.62. The highest BCUT2D eigenvalue weighted by atomic mass is 35.5. The Hall–Kier alpha value is -1.17. The van der Waals surface area contributed by atoms with Gasteiger partial charge in [-0.1, -0.05) is 0 Å². The molecule has 9 nitrogen and oxygen atoms in total. The van der Waals surface area contributed by atoms with E-state index in [1.807, 2.05) is 0 Å². The molecule has 0 amide bonds. The number of thioether (sulfide) groups is 1. The standard InChI is InChI=1S/C14H19ClN6O3S/c15-14-19-11(16)8-12(20-14)21(5-18-8)13-10(23)9(22)7(24-13)4-25-6-1-2-17-3-6/h5-7,9-10,13,17,22-23H,1-4H2,(H2,16,19,20)/t6?,7-,9-,10-,13-/m1/s1. The summed E-state index contributed by atoms with van der Waals surface area (Å²) in [5.74, 6) is 0.758. The monoisotopic (exact) mass is 386 g/mol. The zero-order valence-corrected chi connectivity index (χ0v) is 14.8. The average molecular weight is 387 g/mol. The molecule has 4 rings (SSSR count). The van der Waals surface area contributed by atoms with Crippen LogP contribution in [0.3, 0.4) is 0 Å². The lowest BCUT2D eigenvalue weighted by molar-refractivity contribution is -0.0289. The summed E-state index contributed by atoms with van der Waals surface area (Å²) in [7, 11) is 0. The van der Waals surface area contributed by atoms with Gasteiger partial charge in [0.25, 0.3) is 0 Å². The number of rotatable bonds is 4. The fourth-order valence-corrected chi connectivity index (χ4v) is 4.62. The van der Waals surface area contributed by atoms with Crippen molar-refractivity contribution in [3.05, 3.63) is 11.6 Å². The highest BCUT2D eigenvalue weighted by Gasteiger charge is 2.44. The summed E-state index contributed by atoms with van der Waals surface area (Å²) in [5.41, 5.74) is 6.54. The Balaban J connectivity index is 1.54. The van der Waals surface area contributed by atoms with E-state index in [0.29, 0.717) is 22.2 Å². The molecule has 0 radical (unpaired) electrons. The van der Waals surface area contributed by atoms with Crippen LogP contribution >= 0.6 is 23.4 Å². The van der Waals surface area contributed by atoms with E-state index in [4.69, 9.17) is 22.1 Å². The molecule has 5 atom stereocenters. The van der Waals surface area contributed by atoms with Crippen molar-refractivity contribution < 1.29 is 14.9 Å². The molecule has 2 aromatic rings. The number of anilines is 1. The van der Waals surface area contributed by atoms with E-state index < -0.39 is 24.5 Å². The minimum Gasteiger partial charge on any atom is -0.387 e. The third-order valence-corrected chi connectivity index (χ3v) is 6.11. The second-order valence-electron chi connectivity index (χ2n) is 6.20. The highest BCUT2D eigenvalue weighted by molar-refractivity contribution is 8.00. The zero-order valence-electron chi connectivity index (χ0n) is 13.2. The number of hydrogen-bond donors (Lipinski definition) is 4. The third-order valence-electron chi connectivity index (χ3n) is 4.54. The fraction of sp³-hybridized carbons (Fsp3) is 0.643. The molecular weight excluding hydrogens is 368 g/mol. The molecule has 25 heavy (non-hydrogen) atoms. The molecule has 2 aliphatic heterocycles. The van der Waals surface area contributed by atoms with Crippen molar-refractivity contribution in [2.45, 2.75) is 36.2 Å². The molecule has 0 aliphatic carbocycles. The van der Waals surface area contributed by atoms with Gasteiger partial charge >= 0.3 is 0 Å². The van der Waals surface area contributed by atoms with E-state index in [1.54, 1.807) is 11.8 Å². The highest BCUT2D eigenvalue weighted by Crippen LogP contribution is 2.34. The van der Waals surface area contributed by atoms with Crippen molar-refractivity contribution >= 4 is 40.3 Å². The van der Waals surface area contributed by atoms with Gasteiger partial charge in [0, 0.05) is 17.5 Å². The molecule has 0 spiro atoms. The van der Waals surface area contributed by atoms with Crippen LogP contribution in [-0.2, 0) is 4.74 Å². The summed E-state index contributed by atoms with van der Waals surface area (Å²) in [4.78, 5) is 12.1. The van der Waals surface area contributed by atoms with Gasteiger partial charge in [0.1, 0.15) is 17.7 Å². The Morgan fingerprint density at radius 2 is 2.24 bits per heavy atom. The van der Waals surface area contributed by atoms with Gasteiger partial charge in [0.15, 0.2) is 17.7 Å². The van der Waals surface area contributed by atoms with Crippen LogP contribution in [-0.4, -0.2) is 72.1 Å². The van der Waals surface area contributed by atoms with Crippen molar-refractivity contribution in [1.82, 2.24) is 24.8 Å². The Morgan fingerprint density at radius 3 is 3.00 bits per heavy atom. The quantitative estimate of drug-likeness (QED) is 0.526. The number of halogens is 1. The molecule has 0 aromatic carbocycles. The smallest absolute Gasteiger partial charge is 0.226 e. The SMILES string of the molecule is Nc1nc(Cl)nc2c1ncn2[C@@H]1O[C@H](CSC2CCNC2)[C@@H](O)[C@H]1O. The minimum atomic E-state index is -1.10. The van der Waals surface area contributed by atoms with Gasteiger partial charge < -0.3 is 26.0 Å². The molecule has 4 heterocycles. The lowest BCUT2D eigenvalue weighted by Crippen LogP contribution is -2.33.